The molecule has 1 aliphatic heterocycles. The third kappa shape index (κ3) is 7.75. The summed E-state index contributed by atoms with van der Waals surface area (Å²) in [5, 5.41) is 13.2. The summed E-state index contributed by atoms with van der Waals surface area (Å²) in [7, 11) is 2.12. The van der Waals surface area contributed by atoms with E-state index in [1.54, 1.807) is 36.4 Å². The van der Waals surface area contributed by atoms with E-state index in [4.69, 9.17) is 16.3 Å². The largest absolute Gasteiger partial charge is 0.490 e. The standard InChI is InChI=1S/C26H30ClFN6O3/c1-32-11-13-33(14-12-32)10-3-15-37-23-7-6-21(17-22(23)28)30-25-29-9-8-24(31-25)34(26(35)36)18-19-4-2-5-20(27)16-19/h2,4-9,16-17H,3,10-15,18H2,1H3,(H,35,36)(H,29,30,31). The topological polar surface area (TPSA) is 94.1 Å². The van der Waals surface area contributed by atoms with Gasteiger partial charge in [-0.05, 0) is 49.4 Å². The molecule has 1 aliphatic rings. The highest BCUT2D eigenvalue weighted by Gasteiger charge is 2.18. The first-order chi connectivity index (χ1) is 17.9. The van der Waals surface area contributed by atoms with Crippen molar-refractivity contribution < 1.29 is 19.0 Å². The molecule has 37 heavy (non-hydrogen) atoms. The normalized spacial score (nSPS) is 14.4. The van der Waals surface area contributed by atoms with E-state index in [1.165, 1.54) is 18.3 Å². The number of hydrogen-bond acceptors (Lipinski definition) is 7. The number of carbonyl (C=O) groups is 1. The van der Waals surface area contributed by atoms with Gasteiger partial charge >= 0.3 is 6.09 Å². The van der Waals surface area contributed by atoms with E-state index in [1.807, 2.05) is 0 Å². The highest BCUT2D eigenvalue weighted by Crippen LogP contribution is 2.24. The molecule has 1 fully saturated rings. The average molecular weight is 529 g/mol. The van der Waals surface area contributed by atoms with Gasteiger partial charge in [0.1, 0.15) is 5.82 Å². The van der Waals surface area contributed by atoms with Gasteiger partial charge in [-0.2, -0.15) is 4.98 Å². The van der Waals surface area contributed by atoms with Crippen LogP contribution >= 0.6 is 11.6 Å². The van der Waals surface area contributed by atoms with Crippen LogP contribution < -0.4 is 15.0 Å². The van der Waals surface area contributed by atoms with Crippen LogP contribution in [0.25, 0.3) is 0 Å². The maximum absolute atomic E-state index is 14.6. The van der Waals surface area contributed by atoms with Crippen molar-refractivity contribution in [3.8, 4) is 5.75 Å². The first-order valence-corrected chi connectivity index (χ1v) is 12.4. The number of amides is 1. The summed E-state index contributed by atoms with van der Waals surface area (Å²) in [5.41, 5.74) is 1.13. The number of rotatable bonds is 10. The predicted molar refractivity (Wildman–Crippen MR) is 141 cm³/mol. The lowest BCUT2D eigenvalue weighted by molar-refractivity contribution is 0.145. The number of hydrogen-bond donors (Lipinski definition) is 2. The van der Waals surface area contributed by atoms with Crippen molar-refractivity contribution in [2.24, 2.45) is 0 Å². The summed E-state index contributed by atoms with van der Waals surface area (Å²) in [6.07, 6.45) is 1.08. The van der Waals surface area contributed by atoms with Gasteiger partial charge < -0.3 is 25.0 Å². The van der Waals surface area contributed by atoms with E-state index in [2.05, 4.69) is 32.1 Å². The molecule has 1 aromatic heterocycles. The lowest BCUT2D eigenvalue weighted by Gasteiger charge is -2.32. The summed E-state index contributed by atoms with van der Waals surface area (Å²) < 4.78 is 20.3. The molecule has 2 aromatic carbocycles. The number of anilines is 3. The van der Waals surface area contributed by atoms with Crippen LogP contribution in [-0.2, 0) is 6.54 Å². The molecule has 0 aliphatic carbocycles. The number of ether oxygens (including phenoxy) is 1. The van der Waals surface area contributed by atoms with Crippen molar-refractivity contribution in [2.45, 2.75) is 13.0 Å². The minimum atomic E-state index is -1.18. The molecule has 9 nitrogen and oxygen atoms in total. The van der Waals surface area contributed by atoms with E-state index in [0.717, 1.165) is 44.0 Å². The number of nitrogens with one attached hydrogen (secondary N) is 1. The monoisotopic (exact) mass is 528 g/mol. The average Bonchev–Trinajstić information content (AvgIpc) is 2.87. The Hall–Kier alpha value is -3.47. The van der Waals surface area contributed by atoms with Crippen LogP contribution in [0.3, 0.4) is 0 Å². The molecule has 0 atom stereocenters. The van der Waals surface area contributed by atoms with Gasteiger partial charge in [0.25, 0.3) is 0 Å². The molecule has 196 valence electrons. The molecule has 2 heterocycles. The maximum atomic E-state index is 14.6. The molecule has 4 rings (SSSR count). The fourth-order valence-corrected chi connectivity index (χ4v) is 4.20. The van der Waals surface area contributed by atoms with Gasteiger partial charge in [0.15, 0.2) is 11.6 Å². The first-order valence-electron chi connectivity index (χ1n) is 12.1. The molecule has 0 bridgehead atoms. The number of carboxylic acid groups (broad SMARTS) is 1. The maximum Gasteiger partial charge on any atom is 0.413 e. The zero-order chi connectivity index (χ0) is 26.2. The lowest BCUT2D eigenvalue weighted by Crippen LogP contribution is -2.44. The highest BCUT2D eigenvalue weighted by molar-refractivity contribution is 6.30. The van der Waals surface area contributed by atoms with Gasteiger partial charge in [-0.1, -0.05) is 23.7 Å². The Labute approximate surface area is 220 Å². The SMILES string of the molecule is CN1CCN(CCCOc2ccc(Nc3nccc(N(Cc4cccc(Cl)c4)C(=O)O)n3)cc2F)CC1. The second-order valence-corrected chi connectivity index (χ2v) is 9.29. The number of nitrogens with zero attached hydrogens (tertiary/aromatic N) is 5. The lowest BCUT2D eigenvalue weighted by atomic mass is 10.2. The Kier molecular flexibility index (Phi) is 9.10. The summed E-state index contributed by atoms with van der Waals surface area (Å²) in [6.45, 7) is 5.62. The summed E-state index contributed by atoms with van der Waals surface area (Å²) in [6, 6.07) is 12.9. The molecule has 1 amide bonds. The van der Waals surface area contributed by atoms with Crippen molar-refractivity contribution in [1.29, 1.82) is 0 Å². The van der Waals surface area contributed by atoms with Gasteiger partial charge in [-0.3, -0.25) is 4.90 Å². The third-order valence-corrected chi connectivity index (χ3v) is 6.27. The zero-order valence-corrected chi connectivity index (χ0v) is 21.4. The smallest absolute Gasteiger partial charge is 0.413 e. The van der Waals surface area contributed by atoms with Crippen LogP contribution in [0.15, 0.2) is 54.7 Å². The van der Waals surface area contributed by atoms with Crippen molar-refractivity contribution in [3.05, 3.63) is 71.1 Å². The van der Waals surface area contributed by atoms with Crippen LogP contribution in [0.2, 0.25) is 5.02 Å². The Morgan fingerprint density at radius 1 is 1.19 bits per heavy atom. The van der Waals surface area contributed by atoms with E-state index in [-0.39, 0.29) is 24.1 Å². The Morgan fingerprint density at radius 2 is 2.00 bits per heavy atom. The van der Waals surface area contributed by atoms with Crippen LogP contribution in [0.1, 0.15) is 12.0 Å². The molecule has 0 radical (unpaired) electrons. The minimum Gasteiger partial charge on any atom is -0.490 e. The molecule has 3 aromatic rings. The number of piperazine rings is 1. The van der Waals surface area contributed by atoms with Crippen LogP contribution in [0, 0.1) is 5.82 Å². The zero-order valence-electron chi connectivity index (χ0n) is 20.6. The second-order valence-electron chi connectivity index (χ2n) is 8.85. The van der Waals surface area contributed by atoms with Crippen molar-refractivity contribution >= 4 is 35.1 Å². The summed E-state index contributed by atoms with van der Waals surface area (Å²) in [5.74, 6) is -0.0214. The van der Waals surface area contributed by atoms with Crippen LogP contribution in [-0.4, -0.2) is 77.3 Å². The second kappa shape index (κ2) is 12.7. The Balaban J connectivity index is 1.34. The molecular formula is C26H30ClFN6O3. The number of benzene rings is 2. The van der Waals surface area contributed by atoms with Gasteiger partial charge in [-0.25, -0.2) is 14.2 Å². The van der Waals surface area contributed by atoms with E-state index in [0.29, 0.717) is 22.9 Å². The molecule has 0 spiro atoms. The summed E-state index contributed by atoms with van der Waals surface area (Å²) in [4.78, 5) is 26.1. The molecule has 11 heteroatoms. The molecule has 2 N–H and O–H groups in total. The van der Waals surface area contributed by atoms with E-state index < -0.39 is 11.9 Å². The van der Waals surface area contributed by atoms with Crippen molar-refractivity contribution in [1.82, 2.24) is 19.8 Å². The van der Waals surface area contributed by atoms with Crippen molar-refractivity contribution in [2.75, 3.05) is 56.6 Å². The summed E-state index contributed by atoms with van der Waals surface area (Å²) >= 11 is 6.02. The van der Waals surface area contributed by atoms with Gasteiger partial charge in [0, 0.05) is 55.7 Å². The van der Waals surface area contributed by atoms with Crippen LogP contribution in [0.5, 0.6) is 5.75 Å². The van der Waals surface area contributed by atoms with Gasteiger partial charge in [-0.15, -0.1) is 0 Å². The fourth-order valence-electron chi connectivity index (χ4n) is 3.99. The minimum absolute atomic E-state index is 0.0574. The van der Waals surface area contributed by atoms with E-state index >= 15 is 0 Å². The quantitative estimate of drug-likeness (QED) is 0.365. The third-order valence-electron chi connectivity index (χ3n) is 6.04. The van der Waals surface area contributed by atoms with E-state index in [9.17, 15) is 14.3 Å². The molecular weight excluding hydrogens is 499 g/mol. The Morgan fingerprint density at radius 3 is 2.73 bits per heavy atom. The van der Waals surface area contributed by atoms with Gasteiger partial charge in [0.2, 0.25) is 5.95 Å². The number of aromatic nitrogens is 2. The highest BCUT2D eigenvalue weighted by atomic mass is 35.5. The van der Waals surface area contributed by atoms with Crippen LogP contribution in [0.4, 0.5) is 26.6 Å². The van der Waals surface area contributed by atoms with Gasteiger partial charge in [0.05, 0.1) is 13.2 Å². The molecule has 0 unspecified atom stereocenters. The fraction of sp³-hybridized carbons (Fsp3) is 0.346. The predicted octanol–water partition coefficient (Wildman–Crippen LogP) is 4.71. The Bertz CT molecular complexity index is 1210. The molecule has 0 saturated carbocycles. The van der Waals surface area contributed by atoms with Crippen molar-refractivity contribution in [3.63, 3.8) is 0 Å². The number of likely N-dealkylation sites (N-methyl/N-ethyl adjacent to an activating group) is 1. The molecule has 1 saturated heterocycles. The first kappa shape index (κ1) is 26.6. The number of halogens is 2.